The lowest BCUT2D eigenvalue weighted by Crippen LogP contribution is -2.24. The molecule has 0 bridgehead atoms. The highest BCUT2D eigenvalue weighted by Gasteiger charge is 2.15. The number of rotatable bonds is 7. The molecule has 0 N–H and O–H groups in total. The van der Waals surface area contributed by atoms with E-state index in [1.54, 1.807) is 23.8 Å². The number of pyridine rings is 1. The summed E-state index contributed by atoms with van der Waals surface area (Å²) in [6, 6.07) is 13.1. The van der Waals surface area contributed by atoms with Crippen molar-refractivity contribution in [1.82, 2.24) is 14.3 Å². The first-order chi connectivity index (χ1) is 12.6. The van der Waals surface area contributed by atoms with Gasteiger partial charge in [0.1, 0.15) is 18.0 Å². The zero-order valence-corrected chi connectivity index (χ0v) is 15.3. The van der Waals surface area contributed by atoms with Gasteiger partial charge in [-0.05, 0) is 43.9 Å². The van der Waals surface area contributed by atoms with Crippen molar-refractivity contribution < 1.29 is 9.47 Å². The van der Waals surface area contributed by atoms with E-state index in [0.29, 0.717) is 30.1 Å². The van der Waals surface area contributed by atoms with Crippen LogP contribution in [0.4, 0.5) is 0 Å². The number of fused-ring (bicyclic) bond motifs is 1. The van der Waals surface area contributed by atoms with E-state index >= 15 is 0 Å². The summed E-state index contributed by atoms with van der Waals surface area (Å²) in [5.41, 5.74) is 2.03. The van der Waals surface area contributed by atoms with E-state index in [0.717, 1.165) is 17.9 Å². The van der Waals surface area contributed by atoms with Gasteiger partial charge in [0.25, 0.3) is 5.56 Å². The van der Waals surface area contributed by atoms with Crippen molar-refractivity contribution in [3.05, 3.63) is 70.1 Å². The van der Waals surface area contributed by atoms with Crippen LogP contribution in [0.5, 0.6) is 11.6 Å². The maximum absolute atomic E-state index is 13.0. The molecule has 1 aromatic carbocycles. The van der Waals surface area contributed by atoms with Crippen LogP contribution in [0, 0.1) is 0 Å². The molecule has 2 aromatic heterocycles. The summed E-state index contributed by atoms with van der Waals surface area (Å²) in [5.74, 6) is 1.18. The first kappa shape index (κ1) is 17.9. The smallest absolute Gasteiger partial charge is 0.265 e. The summed E-state index contributed by atoms with van der Waals surface area (Å²) in [6.45, 7) is 1.22. The fraction of sp³-hybridized carbons (Fsp3) is 0.300. The van der Waals surface area contributed by atoms with E-state index in [1.807, 2.05) is 55.4 Å². The molecular weight excluding hydrogens is 330 g/mol. The zero-order chi connectivity index (χ0) is 18.5. The Labute approximate surface area is 152 Å². The van der Waals surface area contributed by atoms with Crippen molar-refractivity contribution in [2.45, 2.75) is 6.42 Å². The van der Waals surface area contributed by atoms with Crippen molar-refractivity contribution in [2.75, 3.05) is 34.4 Å². The fourth-order valence-electron chi connectivity index (χ4n) is 2.65. The standard InChI is InChI=1S/C20H23N3O3/c1-22(2)12-13-26-19-17(14-15-7-9-16(25-3)10-8-15)20(24)23-11-5-4-6-18(23)21-19/h4-11H,12-14H2,1-3H3. The molecule has 0 unspecified atom stereocenters. The number of likely N-dealkylation sites (N-methyl/N-ethyl adjacent to an activating group) is 1. The van der Waals surface area contributed by atoms with E-state index in [2.05, 4.69) is 4.98 Å². The lowest BCUT2D eigenvalue weighted by atomic mass is 10.1. The molecule has 0 atom stereocenters. The molecule has 0 spiro atoms. The minimum absolute atomic E-state index is 0.105. The molecule has 26 heavy (non-hydrogen) atoms. The molecular formula is C20H23N3O3. The number of ether oxygens (including phenoxy) is 2. The van der Waals surface area contributed by atoms with Crippen LogP contribution in [-0.2, 0) is 6.42 Å². The molecule has 3 rings (SSSR count). The van der Waals surface area contributed by atoms with Gasteiger partial charge in [-0.3, -0.25) is 9.20 Å². The lowest BCUT2D eigenvalue weighted by molar-refractivity contribution is 0.252. The van der Waals surface area contributed by atoms with Crippen LogP contribution >= 0.6 is 0 Å². The molecule has 3 aromatic rings. The van der Waals surface area contributed by atoms with Crippen molar-refractivity contribution in [1.29, 1.82) is 0 Å². The molecule has 136 valence electrons. The Morgan fingerprint density at radius 1 is 1.12 bits per heavy atom. The van der Waals surface area contributed by atoms with E-state index in [-0.39, 0.29) is 5.56 Å². The highest BCUT2D eigenvalue weighted by Crippen LogP contribution is 2.19. The largest absolute Gasteiger partial charge is 0.497 e. The molecule has 0 aliphatic carbocycles. The zero-order valence-electron chi connectivity index (χ0n) is 15.3. The average molecular weight is 353 g/mol. The van der Waals surface area contributed by atoms with Gasteiger partial charge < -0.3 is 14.4 Å². The summed E-state index contributed by atoms with van der Waals surface area (Å²) >= 11 is 0. The molecule has 0 saturated carbocycles. The second-order valence-corrected chi connectivity index (χ2v) is 6.31. The third-order valence-electron chi connectivity index (χ3n) is 4.11. The Kier molecular flexibility index (Phi) is 5.53. The highest BCUT2D eigenvalue weighted by molar-refractivity contribution is 5.44. The van der Waals surface area contributed by atoms with Crippen molar-refractivity contribution in [3.63, 3.8) is 0 Å². The van der Waals surface area contributed by atoms with Gasteiger partial charge in [0.05, 0.1) is 12.7 Å². The number of benzene rings is 1. The number of nitrogens with zero attached hydrogens (tertiary/aromatic N) is 3. The Hall–Kier alpha value is -2.86. The first-order valence-electron chi connectivity index (χ1n) is 8.49. The van der Waals surface area contributed by atoms with Crippen LogP contribution in [-0.4, -0.2) is 48.6 Å². The van der Waals surface area contributed by atoms with Crippen LogP contribution in [0.15, 0.2) is 53.5 Å². The first-order valence-corrected chi connectivity index (χ1v) is 8.49. The molecule has 0 radical (unpaired) electrons. The van der Waals surface area contributed by atoms with Gasteiger partial charge in [-0.15, -0.1) is 0 Å². The van der Waals surface area contributed by atoms with Gasteiger partial charge in [-0.2, -0.15) is 4.98 Å². The Balaban J connectivity index is 1.99. The molecule has 0 aliphatic rings. The summed E-state index contributed by atoms with van der Waals surface area (Å²) in [6.07, 6.45) is 2.18. The van der Waals surface area contributed by atoms with E-state index < -0.39 is 0 Å². The summed E-state index contributed by atoms with van der Waals surface area (Å²) in [4.78, 5) is 19.6. The van der Waals surface area contributed by atoms with Crippen LogP contribution < -0.4 is 15.0 Å². The van der Waals surface area contributed by atoms with E-state index in [9.17, 15) is 4.79 Å². The molecule has 0 aliphatic heterocycles. The predicted molar refractivity (Wildman–Crippen MR) is 101 cm³/mol. The number of hydrogen-bond donors (Lipinski definition) is 0. The van der Waals surface area contributed by atoms with E-state index in [1.165, 1.54) is 0 Å². The van der Waals surface area contributed by atoms with Gasteiger partial charge in [0, 0.05) is 19.2 Å². The highest BCUT2D eigenvalue weighted by atomic mass is 16.5. The third-order valence-corrected chi connectivity index (χ3v) is 4.11. The van der Waals surface area contributed by atoms with Crippen LogP contribution in [0.1, 0.15) is 11.1 Å². The monoisotopic (exact) mass is 353 g/mol. The van der Waals surface area contributed by atoms with Gasteiger partial charge >= 0.3 is 0 Å². The third kappa shape index (κ3) is 4.03. The van der Waals surface area contributed by atoms with Gasteiger partial charge in [-0.25, -0.2) is 0 Å². The Morgan fingerprint density at radius 2 is 1.88 bits per heavy atom. The molecule has 6 heteroatoms. The predicted octanol–water partition coefficient (Wildman–Crippen LogP) is 2.23. The number of methoxy groups -OCH3 is 1. The second-order valence-electron chi connectivity index (χ2n) is 6.31. The minimum atomic E-state index is -0.105. The van der Waals surface area contributed by atoms with Crippen molar-refractivity contribution in [2.24, 2.45) is 0 Å². The van der Waals surface area contributed by atoms with Crippen molar-refractivity contribution in [3.8, 4) is 11.6 Å². The maximum atomic E-state index is 13.0. The second kappa shape index (κ2) is 8.01. The number of aromatic nitrogens is 2. The fourth-order valence-corrected chi connectivity index (χ4v) is 2.65. The molecule has 0 amide bonds. The van der Waals surface area contributed by atoms with Gasteiger partial charge in [0.15, 0.2) is 0 Å². The Bertz CT molecular complexity index is 933. The normalized spacial score (nSPS) is 11.1. The molecule has 0 saturated heterocycles. The van der Waals surface area contributed by atoms with Crippen molar-refractivity contribution >= 4 is 5.65 Å². The summed E-state index contributed by atoms with van der Waals surface area (Å²) in [5, 5.41) is 0. The lowest BCUT2D eigenvalue weighted by Gasteiger charge is -2.14. The SMILES string of the molecule is COc1ccc(Cc2c(OCCN(C)C)nc3ccccn3c2=O)cc1. The topological polar surface area (TPSA) is 56.1 Å². The van der Waals surface area contributed by atoms with Crippen LogP contribution in [0.3, 0.4) is 0 Å². The van der Waals surface area contributed by atoms with E-state index in [4.69, 9.17) is 9.47 Å². The van der Waals surface area contributed by atoms with Crippen LogP contribution in [0.2, 0.25) is 0 Å². The quantitative estimate of drug-likeness (QED) is 0.652. The maximum Gasteiger partial charge on any atom is 0.265 e. The molecule has 0 fully saturated rings. The average Bonchev–Trinajstić information content (AvgIpc) is 2.65. The molecule has 6 nitrogen and oxygen atoms in total. The summed E-state index contributed by atoms with van der Waals surface area (Å²) < 4.78 is 12.6. The summed E-state index contributed by atoms with van der Waals surface area (Å²) in [7, 11) is 5.58. The van der Waals surface area contributed by atoms with Gasteiger partial charge in [0.2, 0.25) is 5.88 Å². The molecule has 2 heterocycles. The minimum Gasteiger partial charge on any atom is -0.497 e. The van der Waals surface area contributed by atoms with Gasteiger partial charge in [-0.1, -0.05) is 18.2 Å². The number of hydrogen-bond acceptors (Lipinski definition) is 5. The Morgan fingerprint density at radius 3 is 2.58 bits per heavy atom. The van der Waals surface area contributed by atoms with Crippen LogP contribution in [0.25, 0.3) is 5.65 Å².